The molecule has 14 nitrogen and oxygen atoms in total. The molecule has 0 rings (SSSR count). The molecular formula is C30H62NO13PS. The van der Waals surface area contributed by atoms with Crippen LogP contribution in [0.5, 0.6) is 0 Å². The standard InChI is InChI=1S/C30H62NO13PS/c1-4-34-13-14-36-17-18-38-21-22-40-25-26-42-28-27-41-24-23-39-20-19-37-16-15-35-12-9-30(32)31-10-7-5-6-8-11-43-45(33,46)44-29(2)3/h29H,4-28H2,1-3H3,(H,31,32)(H,33,46). The van der Waals surface area contributed by atoms with Crippen LogP contribution in [0.15, 0.2) is 0 Å². The minimum absolute atomic E-state index is 0.0313. The first-order valence-corrected chi connectivity index (χ1v) is 19.1. The normalized spacial score (nSPS) is 13.0. The van der Waals surface area contributed by atoms with Crippen molar-refractivity contribution in [3.05, 3.63) is 0 Å². The highest BCUT2D eigenvalue weighted by Crippen LogP contribution is 2.45. The highest BCUT2D eigenvalue weighted by atomic mass is 32.5. The maximum Gasteiger partial charge on any atom is 0.324 e. The van der Waals surface area contributed by atoms with Crippen molar-refractivity contribution in [1.82, 2.24) is 5.32 Å². The smallest absolute Gasteiger partial charge is 0.324 e. The van der Waals surface area contributed by atoms with Crippen molar-refractivity contribution in [2.24, 2.45) is 0 Å². The number of unbranched alkanes of at least 4 members (excludes halogenated alkanes) is 3. The summed E-state index contributed by atoms with van der Waals surface area (Å²) < 4.78 is 59.2. The Labute approximate surface area is 281 Å². The lowest BCUT2D eigenvalue weighted by atomic mass is 10.2. The van der Waals surface area contributed by atoms with Gasteiger partial charge in [-0.2, -0.15) is 0 Å². The largest absolute Gasteiger partial charge is 0.379 e. The van der Waals surface area contributed by atoms with Crippen LogP contribution in [0.4, 0.5) is 0 Å². The van der Waals surface area contributed by atoms with Gasteiger partial charge in [-0.05, 0) is 45.4 Å². The van der Waals surface area contributed by atoms with Crippen LogP contribution in [0.2, 0.25) is 0 Å². The number of rotatable bonds is 38. The summed E-state index contributed by atoms with van der Waals surface area (Å²) >= 11 is 4.93. The molecule has 0 saturated carbocycles. The zero-order valence-electron chi connectivity index (χ0n) is 28.5. The first-order chi connectivity index (χ1) is 22.4. The molecule has 1 unspecified atom stereocenters. The third-order valence-electron chi connectivity index (χ3n) is 5.65. The molecule has 0 aliphatic carbocycles. The van der Waals surface area contributed by atoms with Crippen LogP contribution in [0.1, 0.15) is 52.9 Å². The summed E-state index contributed by atoms with van der Waals surface area (Å²) in [4.78, 5) is 21.7. The van der Waals surface area contributed by atoms with E-state index in [-0.39, 0.29) is 12.0 Å². The molecular weight excluding hydrogens is 645 g/mol. The lowest BCUT2D eigenvalue weighted by molar-refractivity contribution is -0.122. The molecule has 0 aromatic heterocycles. The predicted octanol–water partition coefficient (Wildman–Crippen LogP) is 2.88. The minimum Gasteiger partial charge on any atom is -0.379 e. The Balaban J connectivity index is 3.20. The molecule has 0 saturated heterocycles. The molecule has 0 bridgehead atoms. The fourth-order valence-electron chi connectivity index (χ4n) is 3.44. The summed E-state index contributed by atoms with van der Waals surface area (Å²) in [6.07, 6.45) is 3.68. The number of nitrogens with one attached hydrogen (secondary N) is 1. The Bertz CT molecular complexity index is 697. The molecule has 16 heteroatoms. The van der Waals surface area contributed by atoms with E-state index < -0.39 is 6.72 Å². The van der Waals surface area contributed by atoms with E-state index in [0.717, 1.165) is 25.7 Å². The monoisotopic (exact) mass is 707 g/mol. The lowest BCUT2D eigenvalue weighted by Crippen LogP contribution is -2.25. The van der Waals surface area contributed by atoms with Gasteiger partial charge < -0.3 is 61.9 Å². The molecule has 0 fully saturated rings. The maximum atomic E-state index is 11.9. The van der Waals surface area contributed by atoms with Gasteiger partial charge in [-0.15, -0.1) is 0 Å². The van der Waals surface area contributed by atoms with Gasteiger partial charge in [0.2, 0.25) is 5.91 Å². The first kappa shape index (κ1) is 45.6. The van der Waals surface area contributed by atoms with Crippen molar-refractivity contribution in [2.75, 3.05) is 132 Å². The fourth-order valence-corrected chi connectivity index (χ4v) is 5.14. The molecule has 276 valence electrons. The molecule has 0 radical (unpaired) electrons. The van der Waals surface area contributed by atoms with Crippen LogP contribution >= 0.6 is 6.72 Å². The topological polar surface area (TPSA) is 151 Å². The fraction of sp³-hybridized carbons (Fsp3) is 0.967. The molecule has 0 aromatic rings. The van der Waals surface area contributed by atoms with Crippen molar-refractivity contribution in [3.8, 4) is 0 Å². The third kappa shape index (κ3) is 38.1. The Kier molecular flexibility index (Phi) is 35.7. The van der Waals surface area contributed by atoms with E-state index >= 15 is 0 Å². The van der Waals surface area contributed by atoms with Gasteiger partial charge in [0.1, 0.15) is 0 Å². The van der Waals surface area contributed by atoms with Gasteiger partial charge in [-0.1, -0.05) is 12.8 Å². The highest BCUT2D eigenvalue weighted by molar-refractivity contribution is 8.07. The molecule has 0 aliphatic rings. The zero-order valence-corrected chi connectivity index (χ0v) is 30.2. The van der Waals surface area contributed by atoms with Gasteiger partial charge in [0.15, 0.2) is 0 Å². The SMILES string of the molecule is CCOCCOCCOCCOCCOCCOCCOCCOCCOCCC(=O)NCCCCCCOP(O)(=S)OC(C)C. The number of hydrogen-bond acceptors (Lipinski definition) is 13. The van der Waals surface area contributed by atoms with Crippen LogP contribution in [-0.4, -0.2) is 149 Å². The number of carbonyl (C=O) groups is 1. The molecule has 1 amide bonds. The summed E-state index contributed by atoms with van der Waals surface area (Å²) in [6.45, 7) is 12.6. The predicted molar refractivity (Wildman–Crippen MR) is 178 cm³/mol. The van der Waals surface area contributed by atoms with Gasteiger partial charge in [0.25, 0.3) is 0 Å². The van der Waals surface area contributed by atoms with E-state index in [1.165, 1.54) is 0 Å². The lowest BCUT2D eigenvalue weighted by Gasteiger charge is -2.17. The van der Waals surface area contributed by atoms with Crippen molar-refractivity contribution in [3.63, 3.8) is 0 Å². The van der Waals surface area contributed by atoms with Crippen LogP contribution in [0.3, 0.4) is 0 Å². The Morgan fingerprint density at radius 3 is 1.35 bits per heavy atom. The third-order valence-corrected chi connectivity index (χ3v) is 7.42. The van der Waals surface area contributed by atoms with E-state index in [9.17, 15) is 9.69 Å². The van der Waals surface area contributed by atoms with E-state index in [0.29, 0.717) is 138 Å². The van der Waals surface area contributed by atoms with Gasteiger partial charge in [-0.25, -0.2) is 0 Å². The second-order valence-electron chi connectivity index (χ2n) is 10.1. The van der Waals surface area contributed by atoms with E-state index in [1.807, 2.05) is 6.92 Å². The number of carbonyl (C=O) groups excluding carboxylic acids is 1. The van der Waals surface area contributed by atoms with Crippen LogP contribution in [-0.2, 0) is 68.3 Å². The summed E-state index contributed by atoms with van der Waals surface area (Å²) in [7, 11) is 0. The van der Waals surface area contributed by atoms with E-state index in [1.54, 1.807) is 13.8 Å². The van der Waals surface area contributed by atoms with Crippen molar-refractivity contribution in [2.45, 2.75) is 59.0 Å². The molecule has 0 spiro atoms. The average Bonchev–Trinajstić information content (AvgIpc) is 3.01. The molecule has 2 N–H and O–H groups in total. The molecule has 46 heavy (non-hydrogen) atoms. The second kappa shape index (κ2) is 35.9. The van der Waals surface area contributed by atoms with Gasteiger partial charge in [0, 0.05) is 19.6 Å². The van der Waals surface area contributed by atoms with Gasteiger partial charge >= 0.3 is 6.72 Å². The molecule has 1 atom stereocenters. The molecule has 0 heterocycles. The number of hydrogen-bond donors (Lipinski definition) is 2. The van der Waals surface area contributed by atoms with Crippen LogP contribution in [0.25, 0.3) is 0 Å². The Hall–Kier alpha value is -0.360. The Morgan fingerprint density at radius 2 is 0.957 bits per heavy atom. The quantitative estimate of drug-likeness (QED) is 0.0715. The van der Waals surface area contributed by atoms with Crippen LogP contribution in [0, 0.1) is 0 Å². The molecule has 0 aliphatic heterocycles. The van der Waals surface area contributed by atoms with Crippen molar-refractivity contribution >= 4 is 24.4 Å². The summed E-state index contributed by atoms with van der Waals surface area (Å²) in [5.41, 5.74) is 0. The maximum absolute atomic E-state index is 11.9. The van der Waals surface area contributed by atoms with Crippen molar-refractivity contribution < 1.29 is 61.4 Å². The first-order valence-electron chi connectivity index (χ1n) is 16.5. The Morgan fingerprint density at radius 1 is 0.587 bits per heavy atom. The summed E-state index contributed by atoms with van der Waals surface area (Å²) in [6, 6.07) is 0. The summed E-state index contributed by atoms with van der Waals surface area (Å²) in [5.74, 6) is -0.0313. The number of ether oxygens (including phenoxy) is 9. The van der Waals surface area contributed by atoms with Crippen molar-refractivity contribution in [1.29, 1.82) is 0 Å². The zero-order chi connectivity index (χ0) is 33.8. The van der Waals surface area contributed by atoms with E-state index in [2.05, 4.69) is 5.32 Å². The van der Waals surface area contributed by atoms with Crippen LogP contribution < -0.4 is 5.32 Å². The highest BCUT2D eigenvalue weighted by Gasteiger charge is 2.16. The average molecular weight is 708 g/mol. The van der Waals surface area contributed by atoms with E-state index in [4.69, 9.17) is 63.5 Å². The number of amides is 1. The van der Waals surface area contributed by atoms with Gasteiger partial charge in [0.05, 0.1) is 125 Å². The van der Waals surface area contributed by atoms with Gasteiger partial charge in [-0.3, -0.25) is 4.79 Å². The second-order valence-corrected chi connectivity index (χ2v) is 12.9. The molecule has 0 aromatic carbocycles. The minimum atomic E-state index is -3.13. The summed E-state index contributed by atoms with van der Waals surface area (Å²) in [5, 5.41) is 2.89.